The smallest absolute Gasteiger partial charge is 0.246 e. The maximum absolute atomic E-state index is 12.5. The molecule has 3 amide bonds. The van der Waals surface area contributed by atoms with E-state index in [-0.39, 0.29) is 30.2 Å². The number of benzene rings is 1. The Morgan fingerprint density at radius 1 is 1.13 bits per heavy atom. The van der Waals surface area contributed by atoms with Crippen LogP contribution < -0.4 is 14.8 Å². The summed E-state index contributed by atoms with van der Waals surface area (Å²) in [5.41, 5.74) is 1.49. The van der Waals surface area contributed by atoms with E-state index in [1.54, 1.807) is 20.3 Å². The van der Waals surface area contributed by atoms with Crippen molar-refractivity contribution in [1.29, 1.82) is 0 Å². The summed E-state index contributed by atoms with van der Waals surface area (Å²) in [7, 11) is 3.13. The fourth-order valence-corrected chi connectivity index (χ4v) is 4.88. The topological polar surface area (TPSA) is 97.8 Å². The Balaban J connectivity index is 1.42. The van der Waals surface area contributed by atoms with E-state index in [1.807, 2.05) is 17.5 Å². The monoisotopic (exact) mass is 429 g/mol. The van der Waals surface area contributed by atoms with Gasteiger partial charge in [-0.2, -0.15) is 0 Å². The Morgan fingerprint density at radius 2 is 1.80 bits per heavy atom. The molecule has 2 fully saturated rings. The van der Waals surface area contributed by atoms with Gasteiger partial charge in [0.2, 0.25) is 17.7 Å². The fourth-order valence-electron chi connectivity index (χ4n) is 4.15. The summed E-state index contributed by atoms with van der Waals surface area (Å²) >= 11 is 1.27. The molecule has 1 aromatic carbocycles. The Kier molecular flexibility index (Phi) is 5.72. The normalized spacial score (nSPS) is 20.8. The first-order valence-corrected chi connectivity index (χ1v) is 10.7. The van der Waals surface area contributed by atoms with Gasteiger partial charge in [-0.25, -0.2) is 4.98 Å². The zero-order valence-electron chi connectivity index (χ0n) is 16.8. The lowest BCUT2D eigenvalue weighted by atomic mass is 9.81. The van der Waals surface area contributed by atoms with Crippen LogP contribution in [0.1, 0.15) is 25.7 Å². The molecule has 158 valence electrons. The van der Waals surface area contributed by atoms with Crippen molar-refractivity contribution in [2.24, 2.45) is 11.8 Å². The first kappa shape index (κ1) is 20.3. The molecule has 1 N–H and O–H groups in total. The summed E-state index contributed by atoms with van der Waals surface area (Å²) in [5, 5.41) is 4.92. The molecule has 8 nitrogen and oxygen atoms in total. The SMILES string of the molecule is COc1ccc(-c2csc(NC(=O)CN3C(=O)[C@H]4CCCC[C@@H]4C3=O)n2)cc1OC. The Labute approximate surface area is 178 Å². The fraction of sp³-hybridized carbons (Fsp3) is 0.429. The van der Waals surface area contributed by atoms with Gasteiger partial charge in [-0.05, 0) is 31.0 Å². The molecular formula is C21H23N3O5S. The van der Waals surface area contributed by atoms with E-state index in [0.717, 1.165) is 36.1 Å². The van der Waals surface area contributed by atoms with E-state index in [1.165, 1.54) is 11.3 Å². The van der Waals surface area contributed by atoms with Crippen molar-refractivity contribution in [3.8, 4) is 22.8 Å². The molecule has 1 aromatic heterocycles. The minimum atomic E-state index is -0.427. The maximum atomic E-state index is 12.5. The minimum Gasteiger partial charge on any atom is -0.493 e. The maximum Gasteiger partial charge on any atom is 0.246 e. The molecule has 2 heterocycles. The number of thiazole rings is 1. The lowest BCUT2D eigenvalue weighted by Gasteiger charge is -2.19. The van der Waals surface area contributed by atoms with Gasteiger partial charge < -0.3 is 14.8 Å². The Hall–Kier alpha value is -2.94. The van der Waals surface area contributed by atoms with Crippen LogP contribution in [0.4, 0.5) is 5.13 Å². The van der Waals surface area contributed by atoms with Crippen LogP contribution in [0, 0.1) is 11.8 Å². The number of rotatable bonds is 6. The van der Waals surface area contributed by atoms with Crippen LogP contribution in [-0.4, -0.2) is 48.4 Å². The van der Waals surface area contributed by atoms with Gasteiger partial charge in [0.05, 0.1) is 31.7 Å². The summed E-state index contributed by atoms with van der Waals surface area (Å²) in [6.45, 7) is -0.268. The third-order valence-electron chi connectivity index (χ3n) is 5.66. The summed E-state index contributed by atoms with van der Waals surface area (Å²) in [6.07, 6.45) is 3.37. The molecule has 0 unspecified atom stereocenters. The second kappa shape index (κ2) is 8.43. The molecule has 2 aliphatic rings. The molecule has 1 aliphatic heterocycles. The molecule has 9 heteroatoms. The molecule has 0 radical (unpaired) electrons. The number of nitrogens with zero attached hydrogens (tertiary/aromatic N) is 2. The van der Waals surface area contributed by atoms with E-state index < -0.39 is 5.91 Å². The number of anilines is 1. The van der Waals surface area contributed by atoms with Crippen molar-refractivity contribution >= 4 is 34.2 Å². The minimum absolute atomic E-state index is 0.218. The number of methoxy groups -OCH3 is 2. The lowest BCUT2D eigenvalue weighted by Crippen LogP contribution is -2.38. The van der Waals surface area contributed by atoms with Crippen LogP contribution in [0.5, 0.6) is 11.5 Å². The van der Waals surface area contributed by atoms with E-state index in [9.17, 15) is 14.4 Å². The van der Waals surface area contributed by atoms with Crippen molar-refractivity contribution in [2.45, 2.75) is 25.7 Å². The number of likely N-dealkylation sites (tertiary alicyclic amines) is 1. The van der Waals surface area contributed by atoms with E-state index in [0.29, 0.717) is 22.3 Å². The number of aromatic nitrogens is 1. The van der Waals surface area contributed by atoms with Crippen LogP contribution in [0.3, 0.4) is 0 Å². The highest BCUT2D eigenvalue weighted by Gasteiger charge is 2.48. The van der Waals surface area contributed by atoms with Gasteiger partial charge in [0.15, 0.2) is 16.6 Å². The second-order valence-corrected chi connectivity index (χ2v) is 8.27. The lowest BCUT2D eigenvalue weighted by molar-refractivity contribution is -0.142. The molecule has 1 saturated heterocycles. The van der Waals surface area contributed by atoms with Gasteiger partial charge in [0, 0.05) is 10.9 Å². The highest BCUT2D eigenvalue weighted by Crippen LogP contribution is 2.38. The van der Waals surface area contributed by atoms with Crippen molar-refractivity contribution < 1.29 is 23.9 Å². The van der Waals surface area contributed by atoms with E-state index in [4.69, 9.17) is 9.47 Å². The molecule has 1 saturated carbocycles. The molecule has 30 heavy (non-hydrogen) atoms. The molecule has 0 spiro atoms. The van der Waals surface area contributed by atoms with Crippen molar-refractivity contribution in [3.63, 3.8) is 0 Å². The molecule has 2 atom stereocenters. The third-order valence-corrected chi connectivity index (χ3v) is 6.42. The number of carbonyl (C=O) groups is 3. The average molecular weight is 429 g/mol. The first-order chi connectivity index (χ1) is 14.5. The Bertz CT molecular complexity index is 965. The number of ether oxygens (including phenoxy) is 2. The number of nitrogens with one attached hydrogen (secondary N) is 1. The molecule has 1 aliphatic carbocycles. The largest absolute Gasteiger partial charge is 0.493 e. The van der Waals surface area contributed by atoms with Gasteiger partial charge in [-0.15, -0.1) is 11.3 Å². The molecule has 2 aromatic rings. The number of hydrogen-bond donors (Lipinski definition) is 1. The molecular weight excluding hydrogens is 406 g/mol. The van der Waals surface area contributed by atoms with E-state index in [2.05, 4.69) is 10.3 Å². The highest BCUT2D eigenvalue weighted by molar-refractivity contribution is 7.14. The quantitative estimate of drug-likeness (QED) is 0.709. The van der Waals surface area contributed by atoms with Crippen LogP contribution in [0.15, 0.2) is 23.6 Å². The highest BCUT2D eigenvalue weighted by atomic mass is 32.1. The number of fused-ring (bicyclic) bond motifs is 1. The summed E-state index contributed by atoms with van der Waals surface area (Å²) < 4.78 is 10.6. The summed E-state index contributed by atoms with van der Waals surface area (Å²) in [6, 6.07) is 5.45. The zero-order valence-corrected chi connectivity index (χ0v) is 17.7. The van der Waals surface area contributed by atoms with Crippen LogP contribution in [0.25, 0.3) is 11.3 Å². The van der Waals surface area contributed by atoms with Gasteiger partial charge in [0.1, 0.15) is 6.54 Å². The first-order valence-electron chi connectivity index (χ1n) is 9.85. The van der Waals surface area contributed by atoms with Crippen molar-refractivity contribution in [2.75, 3.05) is 26.1 Å². The third kappa shape index (κ3) is 3.77. The van der Waals surface area contributed by atoms with Gasteiger partial charge >= 0.3 is 0 Å². The Morgan fingerprint density at radius 3 is 2.43 bits per heavy atom. The summed E-state index contributed by atoms with van der Waals surface area (Å²) in [4.78, 5) is 43.1. The zero-order chi connectivity index (χ0) is 21.3. The standard InChI is InChI=1S/C21H23N3O5S/c1-28-16-8-7-12(9-17(16)29-2)15-11-30-21(22-15)23-18(25)10-24-19(26)13-5-3-4-6-14(13)20(24)27/h7-9,11,13-14H,3-6,10H2,1-2H3,(H,22,23,25)/t13-,14-/m0/s1. The number of imide groups is 1. The van der Waals surface area contributed by atoms with E-state index >= 15 is 0 Å². The van der Waals surface area contributed by atoms with Gasteiger partial charge in [-0.3, -0.25) is 19.3 Å². The average Bonchev–Trinajstić information content (AvgIpc) is 3.32. The van der Waals surface area contributed by atoms with Crippen molar-refractivity contribution in [1.82, 2.24) is 9.88 Å². The number of carbonyl (C=O) groups excluding carboxylic acids is 3. The predicted molar refractivity (Wildman–Crippen MR) is 111 cm³/mol. The molecule has 4 rings (SSSR count). The number of hydrogen-bond acceptors (Lipinski definition) is 7. The second-order valence-electron chi connectivity index (χ2n) is 7.42. The van der Waals surface area contributed by atoms with Crippen molar-refractivity contribution in [3.05, 3.63) is 23.6 Å². The van der Waals surface area contributed by atoms with Crippen LogP contribution >= 0.6 is 11.3 Å². The van der Waals surface area contributed by atoms with Crippen LogP contribution in [0.2, 0.25) is 0 Å². The predicted octanol–water partition coefficient (Wildman–Crippen LogP) is 2.94. The van der Waals surface area contributed by atoms with Crippen LogP contribution in [-0.2, 0) is 14.4 Å². The summed E-state index contributed by atoms with van der Waals surface area (Å²) in [5.74, 6) is -0.170. The molecule has 0 bridgehead atoms. The van der Waals surface area contributed by atoms with Gasteiger partial charge in [0.25, 0.3) is 0 Å². The number of amides is 3. The van der Waals surface area contributed by atoms with Gasteiger partial charge in [-0.1, -0.05) is 12.8 Å².